The van der Waals surface area contributed by atoms with Crippen LogP contribution in [-0.2, 0) is 6.42 Å². The Labute approximate surface area is 65.0 Å². The summed E-state index contributed by atoms with van der Waals surface area (Å²) in [5.41, 5.74) is 0. The van der Waals surface area contributed by atoms with E-state index in [1.54, 1.807) is 6.92 Å². The summed E-state index contributed by atoms with van der Waals surface area (Å²) in [6, 6.07) is 0. The molecule has 62 valence electrons. The molecule has 1 aromatic heterocycles. The summed E-state index contributed by atoms with van der Waals surface area (Å²) in [5, 5.41) is 0. The van der Waals surface area contributed by atoms with Crippen LogP contribution in [0.4, 0.5) is 0 Å². The number of hydrogen-bond acceptors (Lipinski definition) is 3. The van der Waals surface area contributed by atoms with Gasteiger partial charge in [-0.2, -0.15) is 0 Å². The molecule has 0 amide bonds. The van der Waals surface area contributed by atoms with E-state index in [-0.39, 0.29) is 0 Å². The first kappa shape index (κ1) is 8.11. The molecule has 1 rings (SSSR count). The molecule has 3 nitrogen and oxygen atoms in total. The van der Waals surface area contributed by atoms with Gasteiger partial charge in [0, 0.05) is 6.42 Å². The molecule has 0 radical (unpaired) electrons. The molecule has 3 heteroatoms. The second-order valence-electron chi connectivity index (χ2n) is 3.03. The molecule has 0 N–H and O–H groups in total. The van der Waals surface area contributed by atoms with Crippen LogP contribution >= 0.6 is 0 Å². The summed E-state index contributed by atoms with van der Waals surface area (Å²) in [6.07, 6.45) is 0.761. The van der Waals surface area contributed by atoms with E-state index in [0.717, 1.165) is 6.42 Å². The molecule has 0 atom stereocenters. The van der Waals surface area contributed by atoms with Crippen LogP contribution in [0, 0.1) is 12.8 Å². The Bertz CT molecular complexity index is 280. The molecule has 11 heavy (non-hydrogen) atoms. The summed E-state index contributed by atoms with van der Waals surface area (Å²) in [6.45, 7) is 5.86. The maximum Gasteiger partial charge on any atom is 0.519 e. The Morgan fingerprint density at radius 3 is 2.36 bits per heavy atom. The molecule has 0 saturated carbocycles. The lowest BCUT2D eigenvalue weighted by Crippen LogP contribution is -1.94. The van der Waals surface area contributed by atoms with E-state index in [4.69, 9.17) is 8.83 Å². The molecule has 0 aromatic carbocycles. The smallest absolute Gasteiger partial charge is 0.396 e. The minimum absolute atomic E-state index is 0.481. The van der Waals surface area contributed by atoms with Crippen LogP contribution in [0.2, 0.25) is 0 Å². The molecule has 0 spiro atoms. The zero-order valence-electron chi connectivity index (χ0n) is 7.01. The minimum atomic E-state index is -0.599. The van der Waals surface area contributed by atoms with Gasteiger partial charge in [-0.25, -0.2) is 4.79 Å². The van der Waals surface area contributed by atoms with Crippen LogP contribution in [0.3, 0.4) is 0 Å². The van der Waals surface area contributed by atoms with Gasteiger partial charge in [-0.1, -0.05) is 13.8 Å². The molecule has 1 heterocycles. The first-order chi connectivity index (χ1) is 5.09. The summed E-state index contributed by atoms with van der Waals surface area (Å²) < 4.78 is 9.50. The van der Waals surface area contributed by atoms with Gasteiger partial charge >= 0.3 is 5.82 Å². The fourth-order valence-electron chi connectivity index (χ4n) is 0.931. The van der Waals surface area contributed by atoms with E-state index >= 15 is 0 Å². The Morgan fingerprint density at radius 1 is 1.36 bits per heavy atom. The van der Waals surface area contributed by atoms with Crippen molar-refractivity contribution in [3.8, 4) is 0 Å². The van der Waals surface area contributed by atoms with Crippen molar-refractivity contribution in [2.24, 2.45) is 5.92 Å². The van der Waals surface area contributed by atoms with Crippen LogP contribution in [0.5, 0.6) is 0 Å². The van der Waals surface area contributed by atoms with Gasteiger partial charge in [0.25, 0.3) is 0 Å². The third kappa shape index (κ3) is 1.97. The highest BCUT2D eigenvalue weighted by Gasteiger charge is 2.09. The highest BCUT2D eigenvalue weighted by Crippen LogP contribution is 2.10. The van der Waals surface area contributed by atoms with Gasteiger partial charge in [-0.3, -0.25) is 0 Å². The van der Waals surface area contributed by atoms with Crippen molar-refractivity contribution in [1.82, 2.24) is 0 Å². The minimum Gasteiger partial charge on any atom is -0.396 e. The quantitative estimate of drug-likeness (QED) is 0.655. The van der Waals surface area contributed by atoms with E-state index in [1.165, 1.54) is 0 Å². The molecule has 1 aromatic rings. The zero-order valence-corrected chi connectivity index (χ0v) is 7.01. The van der Waals surface area contributed by atoms with Crippen LogP contribution in [0.25, 0.3) is 0 Å². The normalized spacial score (nSPS) is 10.9. The molecule has 0 bridgehead atoms. The maximum absolute atomic E-state index is 10.6. The van der Waals surface area contributed by atoms with E-state index in [1.807, 2.05) is 0 Å². The third-order valence-corrected chi connectivity index (χ3v) is 1.43. The van der Waals surface area contributed by atoms with Gasteiger partial charge in [-0.05, 0) is 12.8 Å². The van der Waals surface area contributed by atoms with Gasteiger partial charge in [0.05, 0.1) is 0 Å². The fraction of sp³-hybridized carbons (Fsp3) is 0.625. The molecular formula is C8H12O3. The molecule has 0 aliphatic carbocycles. The summed E-state index contributed by atoms with van der Waals surface area (Å²) in [5.74, 6) is 1.15. The molecule has 0 aliphatic heterocycles. The van der Waals surface area contributed by atoms with Crippen molar-refractivity contribution < 1.29 is 8.83 Å². The van der Waals surface area contributed by atoms with Gasteiger partial charge in [-0.15, -0.1) is 0 Å². The second-order valence-corrected chi connectivity index (χ2v) is 3.03. The average molecular weight is 156 g/mol. The van der Waals surface area contributed by atoms with Crippen molar-refractivity contribution in [2.45, 2.75) is 27.2 Å². The lowest BCUT2D eigenvalue weighted by Gasteiger charge is -1.98. The number of aryl methyl sites for hydroxylation is 1. The van der Waals surface area contributed by atoms with Gasteiger partial charge in [0.1, 0.15) is 11.5 Å². The largest absolute Gasteiger partial charge is 0.519 e. The lowest BCUT2D eigenvalue weighted by molar-refractivity contribution is 0.364. The monoisotopic (exact) mass is 156 g/mol. The SMILES string of the molecule is Cc1oc(=O)oc1CC(C)C. The Morgan fingerprint density at radius 2 is 2.00 bits per heavy atom. The van der Waals surface area contributed by atoms with Crippen molar-refractivity contribution >= 4 is 0 Å². The standard InChI is InChI=1S/C8H12O3/c1-5(2)4-7-6(3)10-8(9)11-7/h5H,4H2,1-3H3. The van der Waals surface area contributed by atoms with Crippen LogP contribution in [-0.4, -0.2) is 0 Å². The predicted molar refractivity (Wildman–Crippen MR) is 40.5 cm³/mol. The predicted octanol–water partition coefficient (Wildman–Crippen LogP) is 1.74. The highest BCUT2D eigenvalue weighted by molar-refractivity contribution is 5.00. The summed E-state index contributed by atoms with van der Waals surface area (Å²) in [4.78, 5) is 10.6. The molecule has 0 aliphatic rings. The Hall–Kier alpha value is -0.990. The second kappa shape index (κ2) is 2.95. The lowest BCUT2D eigenvalue weighted by atomic mass is 10.1. The van der Waals surface area contributed by atoms with Gasteiger partial charge in [0.2, 0.25) is 0 Å². The van der Waals surface area contributed by atoms with E-state index < -0.39 is 5.82 Å². The Balaban J connectivity index is 2.86. The van der Waals surface area contributed by atoms with Gasteiger partial charge < -0.3 is 8.83 Å². The number of rotatable bonds is 2. The molecule has 0 unspecified atom stereocenters. The molecule has 0 fully saturated rings. The number of hydrogen-bond donors (Lipinski definition) is 0. The van der Waals surface area contributed by atoms with E-state index in [9.17, 15) is 4.79 Å². The van der Waals surface area contributed by atoms with Crippen molar-refractivity contribution in [3.05, 3.63) is 22.1 Å². The average Bonchev–Trinajstić information content (AvgIpc) is 2.09. The first-order valence-electron chi connectivity index (χ1n) is 3.69. The van der Waals surface area contributed by atoms with Crippen molar-refractivity contribution in [3.63, 3.8) is 0 Å². The topological polar surface area (TPSA) is 43.4 Å². The summed E-state index contributed by atoms with van der Waals surface area (Å²) in [7, 11) is 0. The van der Waals surface area contributed by atoms with Crippen molar-refractivity contribution in [2.75, 3.05) is 0 Å². The summed E-state index contributed by atoms with van der Waals surface area (Å²) >= 11 is 0. The third-order valence-electron chi connectivity index (χ3n) is 1.43. The fourth-order valence-corrected chi connectivity index (χ4v) is 0.931. The molecular weight excluding hydrogens is 144 g/mol. The van der Waals surface area contributed by atoms with Crippen LogP contribution in [0.15, 0.2) is 13.6 Å². The van der Waals surface area contributed by atoms with Crippen LogP contribution < -0.4 is 5.82 Å². The Kier molecular flexibility index (Phi) is 2.17. The zero-order chi connectivity index (χ0) is 8.43. The van der Waals surface area contributed by atoms with E-state index in [2.05, 4.69) is 13.8 Å². The van der Waals surface area contributed by atoms with E-state index in [0.29, 0.717) is 17.4 Å². The van der Waals surface area contributed by atoms with Gasteiger partial charge in [0.15, 0.2) is 0 Å². The molecule has 0 saturated heterocycles. The van der Waals surface area contributed by atoms with Crippen molar-refractivity contribution in [1.29, 1.82) is 0 Å². The first-order valence-corrected chi connectivity index (χ1v) is 3.69. The maximum atomic E-state index is 10.6. The highest BCUT2D eigenvalue weighted by atomic mass is 16.6. The van der Waals surface area contributed by atoms with Crippen LogP contribution in [0.1, 0.15) is 25.4 Å².